The van der Waals surface area contributed by atoms with Crippen molar-refractivity contribution in [3.05, 3.63) is 87.7 Å². The molecular formula is C23H25ClN4O3. The average molecular weight is 441 g/mol. The lowest BCUT2D eigenvalue weighted by Crippen LogP contribution is -2.40. The van der Waals surface area contributed by atoms with Crippen molar-refractivity contribution in [1.29, 1.82) is 0 Å². The number of carbonyl (C=O) groups is 1. The summed E-state index contributed by atoms with van der Waals surface area (Å²) >= 11 is 5.91. The van der Waals surface area contributed by atoms with Gasteiger partial charge in [0.1, 0.15) is 6.04 Å². The molecule has 1 heterocycles. The number of hydrogen-bond donors (Lipinski definition) is 2. The highest BCUT2D eigenvalue weighted by atomic mass is 35.5. The molecule has 31 heavy (non-hydrogen) atoms. The first-order valence-corrected chi connectivity index (χ1v) is 10.4. The number of aromatic nitrogens is 1. The topological polar surface area (TPSA) is 89.2 Å². The van der Waals surface area contributed by atoms with Gasteiger partial charge in [0, 0.05) is 41.8 Å². The predicted octanol–water partition coefficient (Wildman–Crippen LogP) is 5.18. The predicted molar refractivity (Wildman–Crippen MR) is 123 cm³/mol. The molecule has 0 aliphatic carbocycles. The van der Waals surface area contributed by atoms with Crippen LogP contribution in [-0.2, 0) is 11.3 Å². The van der Waals surface area contributed by atoms with Gasteiger partial charge in [0.15, 0.2) is 0 Å². The van der Waals surface area contributed by atoms with Crippen LogP contribution >= 0.6 is 11.6 Å². The molecule has 0 saturated heterocycles. The first kappa shape index (κ1) is 22.4. The van der Waals surface area contributed by atoms with Crippen molar-refractivity contribution in [3.8, 4) is 5.69 Å². The molecule has 0 fully saturated rings. The third-order valence-electron chi connectivity index (χ3n) is 4.76. The normalized spacial score (nSPS) is 11.9. The molecule has 1 amide bonds. The molecule has 7 nitrogen and oxygen atoms in total. The molecule has 2 aromatic carbocycles. The van der Waals surface area contributed by atoms with E-state index in [1.54, 1.807) is 22.8 Å². The quantitative estimate of drug-likeness (QED) is 0.354. The van der Waals surface area contributed by atoms with Crippen molar-refractivity contribution in [2.45, 2.75) is 32.9 Å². The van der Waals surface area contributed by atoms with Gasteiger partial charge in [0.2, 0.25) is 5.91 Å². The molecule has 0 aliphatic heterocycles. The van der Waals surface area contributed by atoms with E-state index in [-0.39, 0.29) is 17.5 Å². The third kappa shape index (κ3) is 6.33. The SMILES string of the molecule is CC(C)CC(Nc1cc(-n2cccc2)cc([N+](=O)[O-])c1)C(=O)NCc1ccc(Cl)cc1. The van der Waals surface area contributed by atoms with Crippen LogP contribution in [0.25, 0.3) is 5.69 Å². The molecule has 0 aliphatic rings. The summed E-state index contributed by atoms with van der Waals surface area (Å²) in [5.41, 5.74) is 2.06. The molecule has 3 aromatic rings. The van der Waals surface area contributed by atoms with E-state index in [4.69, 9.17) is 11.6 Å². The molecule has 0 spiro atoms. The fourth-order valence-electron chi connectivity index (χ4n) is 3.26. The maximum Gasteiger partial charge on any atom is 0.273 e. The summed E-state index contributed by atoms with van der Waals surface area (Å²) in [4.78, 5) is 23.9. The summed E-state index contributed by atoms with van der Waals surface area (Å²) in [5.74, 6) is 0.0825. The van der Waals surface area contributed by atoms with Crippen LogP contribution in [-0.4, -0.2) is 21.4 Å². The number of anilines is 1. The van der Waals surface area contributed by atoms with E-state index in [0.29, 0.717) is 29.4 Å². The van der Waals surface area contributed by atoms with Crippen LogP contribution in [0, 0.1) is 16.0 Å². The molecule has 3 rings (SSSR count). The second kappa shape index (κ2) is 10.1. The van der Waals surface area contributed by atoms with Crippen LogP contribution < -0.4 is 10.6 Å². The largest absolute Gasteiger partial charge is 0.373 e. The average Bonchev–Trinajstić information content (AvgIpc) is 3.27. The van der Waals surface area contributed by atoms with Crippen LogP contribution in [0.1, 0.15) is 25.8 Å². The van der Waals surface area contributed by atoms with E-state index >= 15 is 0 Å². The summed E-state index contributed by atoms with van der Waals surface area (Å²) < 4.78 is 1.79. The number of hydrogen-bond acceptors (Lipinski definition) is 4. The summed E-state index contributed by atoms with van der Waals surface area (Å²) in [6.07, 6.45) is 4.20. The minimum Gasteiger partial charge on any atom is -0.373 e. The fourth-order valence-corrected chi connectivity index (χ4v) is 3.38. The Kier molecular flexibility index (Phi) is 7.31. The van der Waals surface area contributed by atoms with Crippen LogP contribution in [0.2, 0.25) is 5.02 Å². The van der Waals surface area contributed by atoms with E-state index in [9.17, 15) is 14.9 Å². The van der Waals surface area contributed by atoms with Crippen molar-refractivity contribution >= 4 is 28.9 Å². The van der Waals surface area contributed by atoms with Gasteiger partial charge in [0.25, 0.3) is 5.69 Å². The van der Waals surface area contributed by atoms with Crippen LogP contribution in [0.3, 0.4) is 0 Å². The van der Waals surface area contributed by atoms with Crippen molar-refractivity contribution in [3.63, 3.8) is 0 Å². The zero-order valence-corrected chi connectivity index (χ0v) is 18.2. The molecule has 1 aromatic heterocycles. The number of rotatable bonds is 9. The second-order valence-corrected chi connectivity index (χ2v) is 8.19. The number of nitro benzene ring substituents is 1. The minimum atomic E-state index is -0.535. The molecule has 0 bridgehead atoms. The van der Waals surface area contributed by atoms with Crippen molar-refractivity contribution in [1.82, 2.24) is 9.88 Å². The van der Waals surface area contributed by atoms with E-state index in [0.717, 1.165) is 5.56 Å². The Morgan fingerprint density at radius 1 is 1.13 bits per heavy atom. The van der Waals surface area contributed by atoms with Gasteiger partial charge in [-0.1, -0.05) is 37.6 Å². The highest BCUT2D eigenvalue weighted by molar-refractivity contribution is 6.30. The Morgan fingerprint density at radius 2 is 1.81 bits per heavy atom. The molecule has 0 saturated carbocycles. The molecule has 1 atom stereocenters. The zero-order valence-electron chi connectivity index (χ0n) is 17.4. The first-order valence-electron chi connectivity index (χ1n) is 10.0. The van der Waals surface area contributed by atoms with Crippen LogP contribution in [0.15, 0.2) is 67.0 Å². The number of benzene rings is 2. The molecule has 8 heteroatoms. The number of non-ortho nitro benzene ring substituents is 1. The standard InChI is InChI=1S/C23H25ClN4O3/c1-16(2)11-22(23(29)25-15-17-5-7-18(24)8-6-17)26-19-12-20(27-9-3-4-10-27)14-21(13-19)28(30)31/h3-10,12-14,16,22,26H,11,15H2,1-2H3,(H,25,29). The lowest BCUT2D eigenvalue weighted by molar-refractivity contribution is -0.384. The number of nitro groups is 1. The van der Waals surface area contributed by atoms with Crippen molar-refractivity contribution in [2.24, 2.45) is 5.92 Å². The number of carbonyl (C=O) groups excluding carboxylic acids is 1. The molecule has 1 unspecified atom stereocenters. The lowest BCUT2D eigenvalue weighted by Gasteiger charge is -2.22. The maximum absolute atomic E-state index is 12.9. The zero-order chi connectivity index (χ0) is 22.4. The second-order valence-electron chi connectivity index (χ2n) is 7.76. The van der Waals surface area contributed by atoms with Crippen molar-refractivity contribution < 1.29 is 9.72 Å². The molecule has 162 valence electrons. The van der Waals surface area contributed by atoms with E-state index in [1.807, 2.05) is 50.5 Å². The number of nitrogens with zero attached hydrogens (tertiary/aromatic N) is 2. The van der Waals surface area contributed by atoms with Gasteiger partial charge < -0.3 is 15.2 Å². The Balaban J connectivity index is 1.80. The summed E-state index contributed by atoms with van der Waals surface area (Å²) in [6, 6.07) is 15.2. The van der Waals surface area contributed by atoms with Gasteiger partial charge in [-0.05, 0) is 48.2 Å². The van der Waals surface area contributed by atoms with Crippen LogP contribution in [0.4, 0.5) is 11.4 Å². The van der Waals surface area contributed by atoms with Gasteiger partial charge in [0.05, 0.1) is 10.6 Å². The Bertz CT molecular complexity index is 1030. The molecular weight excluding hydrogens is 416 g/mol. The Morgan fingerprint density at radius 3 is 2.42 bits per heavy atom. The fraction of sp³-hybridized carbons (Fsp3) is 0.261. The van der Waals surface area contributed by atoms with Gasteiger partial charge >= 0.3 is 0 Å². The van der Waals surface area contributed by atoms with Gasteiger partial charge in [-0.25, -0.2) is 0 Å². The maximum atomic E-state index is 12.9. The number of halogens is 1. The smallest absolute Gasteiger partial charge is 0.273 e. The Hall–Kier alpha value is -3.32. The van der Waals surface area contributed by atoms with E-state index in [1.165, 1.54) is 12.1 Å². The van der Waals surface area contributed by atoms with Gasteiger partial charge in [-0.2, -0.15) is 0 Å². The number of nitrogens with one attached hydrogen (secondary N) is 2. The van der Waals surface area contributed by atoms with Crippen LogP contribution in [0.5, 0.6) is 0 Å². The highest BCUT2D eigenvalue weighted by Crippen LogP contribution is 2.25. The van der Waals surface area contributed by atoms with Gasteiger partial charge in [-0.3, -0.25) is 14.9 Å². The highest BCUT2D eigenvalue weighted by Gasteiger charge is 2.21. The first-order chi connectivity index (χ1) is 14.8. The van der Waals surface area contributed by atoms with Gasteiger partial charge in [-0.15, -0.1) is 0 Å². The third-order valence-corrected chi connectivity index (χ3v) is 5.01. The van der Waals surface area contributed by atoms with E-state index in [2.05, 4.69) is 10.6 Å². The molecule has 0 radical (unpaired) electrons. The van der Waals surface area contributed by atoms with Crippen molar-refractivity contribution in [2.75, 3.05) is 5.32 Å². The summed E-state index contributed by atoms with van der Waals surface area (Å²) in [6.45, 7) is 4.43. The minimum absolute atomic E-state index is 0.0430. The summed E-state index contributed by atoms with van der Waals surface area (Å²) in [5, 5.41) is 18.2. The van der Waals surface area contributed by atoms with E-state index < -0.39 is 11.0 Å². The Labute approximate surface area is 186 Å². The molecule has 2 N–H and O–H groups in total. The number of amides is 1. The lowest BCUT2D eigenvalue weighted by atomic mass is 10.0. The monoisotopic (exact) mass is 440 g/mol. The summed E-state index contributed by atoms with van der Waals surface area (Å²) in [7, 11) is 0.